The fourth-order valence-electron chi connectivity index (χ4n) is 4.78. The van der Waals surface area contributed by atoms with Crippen molar-refractivity contribution in [2.45, 2.75) is 35.6 Å². The molecule has 4 rings (SSSR count). The maximum Gasteiger partial charge on any atom is 0.324 e. The molecule has 1 aliphatic heterocycles. The van der Waals surface area contributed by atoms with Crippen LogP contribution in [0.1, 0.15) is 29.2 Å². The molecule has 1 unspecified atom stereocenters. The van der Waals surface area contributed by atoms with Gasteiger partial charge in [0, 0.05) is 41.9 Å². The van der Waals surface area contributed by atoms with Gasteiger partial charge >= 0.3 is 5.97 Å². The van der Waals surface area contributed by atoms with E-state index in [4.69, 9.17) is 18.9 Å². The second-order valence-electron chi connectivity index (χ2n) is 8.73. The lowest BCUT2D eigenvalue weighted by atomic mass is 9.92. The van der Waals surface area contributed by atoms with Gasteiger partial charge in [-0.3, -0.25) is 9.69 Å². The minimum absolute atomic E-state index is 0.252. The third-order valence-electron chi connectivity index (χ3n) is 6.58. The molecule has 0 aliphatic carbocycles. The van der Waals surface area contributed by atoms with E-state index >= 15 is 0 Å². The van der Waals surface area contributed by atoms with Gasteiger partial charge < -0.3 is 18.9 Å². The highest BCUT2D eigenvalue weighted by atomic mass is 32.2. The number of thioether (sulfide) groups is 1. The molecular formula is C28H32N2O5S. The van der Waals surface area contributed by atoms with E-state index in [-0.39, 0.29) is 12.0 Å². The Balaban J connectivity index is 1.80. The van der Waals surface area contributed by atoms with E-state index in [1.165, 1.54) is 12.7 Å². The number of pyridine rings is 1. The zero-order chi connectivity index (χ0) is 25.7. The fourth-order valence-corrected chi connectivity index (χ4v) is 6.23. The van der Waals surface area contributed by atoms with Crippen molar-refractivity contribution in [2.24, 2.45) is 0 Å². The van der Waals surface area contributed by atoms with Crippen molar-refractivity contribution in [3.63, 3.8) is 0 Å². The molecule has 2 heterocycles. The minimum atomic E-state index is -0.865. The number of ether oxygens (including phenoxy) is 4. The lowest BCUT2D eigenvalue weighted by molar-refractivity contribution is -0.144. The number of carbonyl (C=O) groups is 1. The summed E-state index contributed by atoms with van der Waals surface area (Å²) in [5, 5.41) is 0. The maximum absolute atomic E-state index is 13.6. The predicted molar refractivity (Wildman–Crippen MR) is 140 cm³/mol. The molecule has 1 saturated heterocycles. The molecule has 2 aromatic carbocycles. The van der Waals surface area contributed by atoms with Gasteiger partial charge in [-0.05, 0) is 43.2 Å². The number of methoxy groups -OCH3 is 4. The van der Waals surface area contributed by atoms with E-state index in [9.17, 15) is 4.79 Å². The topological polar surface area (TPSA) is 70.1 Å². The van der Waals surface area contributed by atoms with Crippen molar-refractivity contribution in [1.29, 1.82) is 0 Å². The second-order valence-corrected chi connectivity index (χ2v) is 10.1. The standard InChI is InChI=1S/C28H32N2O5S/c1-19-6-10-23(11-7-19)36-28(27(31)35-5)13-15-30(26(28)20-12-14-29-25(16-20)34-4)18-21-8-9-22(32-2)17-24(21)33-3/h6-12,14,16-17,26H,13,15,18H2,1-5H3/t26?,28-/m1/s1. The summed E-state index contributed by atoms with van der Waals surface area (Å²) in [4.78, 5) is 21.2. The van der Waals surface area contributed by atoms with Crippen molar-refractivity contribution in [3.8, 4) is 17.4 Å². The Labute approximate surface area is 216 Å². The van der Waals surface area contributed by atoms with Crippen LogP contribution in [0.2, 0.25) is 0 Å². The molecule has 0 amide bonds. The van der Waals surface area contributed by atoms with E-state index in [1.807, 2.05) is 30.3 Å². The number of hydrogen-bond donors (Lipinski definition) is 0. The van der Waals surface area contributed by atoms with Crippen LogP contribution in [-0.2, 0) is 16.1 Å². The Morgan fingerprint density at radius 2 is 1.81 bits per heavy atom. The summed E-state index contributed by atoms with van der Waals surface area (Å²) in [5.74, 6) is 1.71. The molecule has 1 fully saturated rings. The average molecular weight is 509 g/mol. The van der Waals surface area contributed by atoms with Gasteiger partial charge in [-0.25, -0.2) is 4.98 Å². The van der Waals surface area contributed by atoms with Crippen LogP contribution in [0.15, 0.2) is 65.7 Å². The number of rotatable bonds is 9. The monoisotopic (exact) mass is 508 g/mol. The van der Waals surface area contributed by atoms with Crippen LogP contribution in [0.4, 0.5) is 0 Å². The molecule has 7 nitrogen and oxygen atoms in total. The van der Waals surface area contributed by atoms with Crippen LogP contribution < -0.4 is 14.2 Å². The van der Waals surface area contributed by atoms with Crippen LogP contribution in [0.5, 0.6) is 17.4 Å². The number of esters is 1. The zero-order valence-corrected chi connectivity index (χ0v) is 22.1. The summed E-state index contributed by atoms with van der Waals surface area (Å²) in [5.41, 5.74) is 3.11. The van der Waals surface area contributed by atoms with Crippen LogP contribution in [-0.4, -0.2) is 55.6 Å². The Morgan fingerprint density at radius 3 is 2.47 bits per heavy atom. The van der Waals surface area contributed by atoms with Crippen molar-refractivity contribution >= 4 is 17.7 Å². The molecular weight excluding hydrogens is 476 g/mol. The summed E-state index contributed by atoms with van der Waals surface area (Å²) in [6, 6.07) is 17.6. The fraction of sp³-hybridized carbons (Fsp3) is 0.357. The van der Waals surface area contributed by atoms with Gasteiger partial charge in [0.25, 0.3) is 0 Å². The van der Waals surface area contributed by atoms with Crippen molar-refractivity contribution < 1.29 is 23.7 Å². The number of hydrogen-bond acceptors (Lipinski definition) is 8. The SMILES string of the molecule is COC(=O)[C@@]1(Sc2ccc(C)cc2)CCN(Cc2ccc(OC)cc2OC)C1c1ccnc(OC)c1. The zero-order valence-electron chi connectivity index (χ0n) is 21.3. The molecule has 0 radical (unpaired) electrons. The third-order valence-corrected chi connectivity index (χ3v) is 8.05. The predicted octanol–water partition coefficient (Wildman–Crippen LogP) is 5.07. The van der Waals surface area contributed by atoms with E-state index in [0.717, 1.165) is 27.5 Å². The van der Waals surface area contributed by atoms with Gasteiger partial charge in [-0.2, -0.15) is 0 Å². The molecule has 0 bridgehead atoms. The van der Waals surface area contributed by atoms with Crippen molar-refractivity contribution in [1.82, 2.24) is 9.88 Å². The van der Waals surface area contributed by atoms with E-state index in [1.54, 1.807) is 39.3 Å². The van der Waals surface area contributed by atoms with Crippen molar-refractivity contribution in [3.05, 3.63) is 77.5 Å². The first-order chi connectivity index (χ1) is 17.4. The second kappa shape index (κ2) is 11.2. The molecule has 1 aliphatic rings. The summed E-state index contributed by atoms with van der Waals surface area (Å²) < 4.78 is 21.0. The maximum atomic E-state index is 13.6. The summed E-state index contributed by atoms with van der Waals surface area (Å²) >= 11 is 1.56. The van der Waals surface area contributed by atoms with E-state index in [2.05, 4.69) is 41.1 Å². The van der Waals surface area contributed by atoms with E-state index < -0.39 is 4.75 Å². The van der Waals surface area contributed by atoms with Gasteiger partial charge in [0.15, 0.2) is 0 Å². The largest absolute Gasteiger partial charge is 0.497 e. The molecule has 8 heteroatoms. The average Bonchev–Trinajstić information content (AvgIpc) is 3.28. The summed E-state index contributed by atoms with van der Waals surface area (Å²) in [6.45, 7) is 3.32. The number of aryl methyl sites for hydroxylation is 1. The van der Waals surface area contributed by atoms with Crippen LogP contribution >= 0.6 is 11.8 Å². The molecule has 190 valence electrons. The highest BCUT2D eigenvalue weighted by Gasteiger charge is 2.55. The Hall–Kier alpha value is -3.23. The third kappa shape index (κ3) is 5.15. The smallest absolute Gasteiger partial charge is 0.324 e. The van der Waals surface area contributed by atoms with Gasteiger partial charge in [0.1, 0.15) is 16.2 Å². The Bertz CT molecular complexity index is 1200. The highest BCUT2D eigenvalue weighted by molar-refractivity contribution is 8.01. The molecule has 0 saturated carbocycles. The first-order valence-corrected chi connectivity index (χ1v) is 12.5. The summed E-state index contributed by atoms with van der Waals surface area (Å²) in [7, 11) is 6.34. The number of likely N-dealkylation sites (tertiary alicyclic amines) is 1. The molecule has 3 aromatic rings. The minimum Gasteiger partial charge on any atom is -0.497 e. The lowest BCUT2D eigenvalue weighted by Crippen LogP contribution is -2.42. The van der Waals surface area contributed by atoms with Crippen LogP contribution in [0.3, 0.4) is 0 Å². The number of nitrogens with zero attached hydrogens (tertiary/aromatic N) is 2. The van der Waals surface area contributed by atoms with E-state index in [0.29, 0.717) is 25.4 Å². The first-order valence-electron chi connectivity index (χ1n) is 11.7. The number of benzene rings is 2. The Kier molecular flexibility index (Phi) is 8.06. The number of aromatic nitrogens is 1. The van der Waals surface area contributed by atoms with Crippen LogP contribution in [0, 0.1) is 6.92 Å². The van der Waals surface area contributed by atoms with Gasteiger partial charge in [-0.15, -0.1) is 11.8 Å². The highest BCUT2D eigenvalue weighted by Crippen LogP contribution is 2.53. The molecule has 1 aromatic heterocycles. The normalized spacial score (nSPS) is 19.6. The van der Waals surface area contributed by atoms with Crippen LogP contribution in [0.25, 0.3) is 0 Å². The van der Waals surface area contributed by atoms with Crippen molar-refractivity contribution in [2.75, 3.05) is 35.0 Å². The van der Waals surface area contributed by atoms with Gasteiger partial charge in [0.05, 0.1) is 34.5 Å². The first kappa shape index (κ1) is 25.9. The number of carbonyl (C=O) groups excluding carboxylic acids is 1. The Morgan fingerprint density at radius 1 is 1.03 bits per heavy atom. The molecule has 0 spiro atoms. The molecule has 36 heavy (non-hydrogen) atoms. The van der Waals surface area contributed by atoms with Gasteiger partial charge in [0.2, 0.25) is 5.88 Å². The quantitative estimate of drug-likeness (QED) is 0.371. The lowest BCUT2D eigenvalue weighted by Gasteiger charge is -2.36. The summed E-state index contributed by atoms with van der Waals surface area (Å²) in [6.07, 6.45) is 2.34. The van der Waals surface area contributed by atoms with Gasteiger partial charge in [-0.1, -0.05) is 23.8 Å². The molecule has 0 N–H and O–H groups in total. The molecule has 2 atom stereocenters.